The average molecular weight is 284 g/mol. The Morgan fingerprint density at radius 3 is 2.63 bits per heavy atom. The molecule has 1 N–H and O–H groups in total. The number of fused-ring (bicyclic) bond motifs is 1. The van der Waals surface area contributed by atoms with Gasteiger partial charge in [0.05, 0.1) is 0 Å². The lowest BCUT2D eigenvalue weighted by Gasteiger charge is -2.23. The second kappa shape index (κ2) is 6.39. The number of likely N-dealkylation sites (N-methyl/N-ethyl adjacent to an activating group) is 1. The van der Waals surface area contributed by atoms with Crippen LogP contribution in [0, 0.1) is 0 Å². The summed E-state index contributed by atoms with van der Waals surface area (Å²) in [5.41, 5.74) is 0.799. The van der Waals surface area contributed by atoms with Crippen LogP contribution in [-0.4, -0.2) is 27.1 Å². The lowest BCUT2D eigenvalue weighted by atomic mass is 10.2. The van der Waals surface area contributed by atoms with E-state index in [1.54, 1.807) is 14.2 Å². The SMILES string of the molecule is CCNC(c1cc2cc(Cl)ccc2o1)C(OC)OC. The van der Waals surface area contributed by atoms with Gasteiger partial charge in [0, 0.05) is 24.6 Å². The summed E-state index contributed by atoms with van der Waals surface area (Å²) in [6.07, 6.45) is -0.406. The number of methoxy groups -OCH3 is 2. The first-order valence-electron chi connectivity index (χ1n) is 6.17. The number of halogens is 1. The molecule has 0 saturated heterocycles. The van der Waals surface area contributed by atoms with Crippen molar-refractivity contribution in [3.63, 3.8) is 0 Å². The predicted molar refractivity (Wildman–Crippen MR) is 75.4 cm³/mol. The normalized spacial score (nSPS) is 13.3. The zero-order valence-corrected chi connectivity index (χ0v) is 12.0. The van der Waals surface area contributed by atoms with E-state index in [0.717, 1.165) is 23.3 Å². The number of furan rings is 1. The fraction of sp³-hybridized carbons (Fsp3) is 0.429. The van der Waals surface area contributed by atoms with E-state index in [1.807, 2.05) is 31.2 Å². The molecule has 2 rings (SSSR count). The predicted octanol–water partition coefficient (Wildman–Crippen LogP) is 3.36. The van der Waals surface area contributed by atoms with Crippen molar-refractivity contribution in [2.75, 3.05) is 20.8 Å². The molecule has 2 aromatic rings. The Hall–Kier alpha value is -1.07. The zero-order valence-electron chi connectivity index (χ0n) is 11.3. The molecule has 19 heavy (non-hydrogen) atoms. The van der Waals surface area contributed by atoms with Crippen molar-refractivity contribution in [1.82, 2.24) is 5.32 Å². The van der Waals surface area contributed by atoms with Gasteiger partial charge < -0.3 is 19.2 Å². The Bertz CT molecular complexity index is 536. The second-order valence-corrected chi connectivity index (χ2v) is 4.64. The molecule has 5 heteroatoms. The van der Waals surface area contributed by atoms with Gasteiger partial charge in [-0.15, -0.1) is 0 Å². The summed E-state index contributed by atoms with van der Waals surface area (Å²) < 4.78 is 16.5. The maximum absolute atomic E-state index is 5.98. The fourth-order valence-electron chi connectivity index (χ4n) is 2.11. The number of nitrogens with one attached hydrogen (secondary N) is 1. The summed E-state index contributed by atoms with van der Waals surface area (Å²) in [5, 5.41) is 4.96. The van der Waals surface area contributed by atoms with Gasteiger partial charge in [-0.2, -0.15) is 0 Å². The Kier molecular flexibility index (Phi) is 4.82. The van der Waals surface area contributed by atoms with Gasteiger partial charge in [0.2, 0.25) is 0 Å². The van der Waals surface area contributed by atoms with E-state index < -0.39 is 6.29 Å². The van der Waals surface area contributed by atoms with Crippen LogP contribution in [0.4, 0.5) is 0 Å². The quantitative estimate of drug-likeness (QED) is 0.826. The van der Waals surface area contributed by atoms with Gasteiger partial charge in [-0.25, -0.2) is 0 Å². The fourth-order valence-corrected chi connectivity index (χ4v) is 2.29. The third-order valence-electron chi connectivity index (χ3n) is 2.96. The Morgan fingerprint density at radius 1 is 1.26 bits per heavy atom. The molecule has 1 heterocycles. The van der Waals surface area contributed by atoms with Crippen LogP contribution in [0.3, 0.4) is 0 Å². The van der Waals surface area contributed by atoms with Crippen molar-refractivity contribution < 1.29 is 13.9 Å². The molecule has 0 fully saturated rings. The van der Waals surface area contributed by atoms with Crippen LogP contribution in [0.5, 0.6) is 0 Å². The van der Waals surface area contributed by atoms with Crippen LogP contribution >= 0.6 is 11.6 Å². The molecule has 0 aliphatic carbocycles. The van der Waals surface area contributed by atoms with Crippen LogP contribution < -0.4 is 5.32 Å². The van der Waals surface area contributed by atoms with Crippen molar-refractivity contribution >= 4 is 22.6 Å². The minimum atomic E-state index is -0.406. The first-order valence-corrected chi connectivity index (χ1v) is 6.55. The van der Waals surface area contributed by atoms with Crippen LogP contribution in [0.2, 0.25) is 5.02 Å². The van der Waals surface area contributed by atoms with Crippen molar-refractivity contribution in [3.05, 3.63) is 35.0 Å². The van der Waals surface area contributed by atoms with Crippen LogP contribution in [0.25, 0.3) is 11.0 Å². The molecule has 0 spiro atoms. The molecule has 0 bridgehead atoms. The summed E-state index contributed by atoms with van der Waals surface area (Å²) in [7, 11) is 3.22. The average Bonchev–Trinajstić information content (AvgIpc) is 2.81. The van der Waals surface area contributed by atoms with Gasteiger partial charge in [0.25, 0.3) is 0 Å². The second-order valence-electron chi connectivity index (χ2n) is 4.21. The highest BCUT2D eigenvalue weighted by Crippen LogP contribution is 2.28. The standard InChI is InChI=1S/C14H18ClNO3/c1-4-16-13(14(17-2)18-3)12-8-9-7-10(15)5-6-11(9)19-12/h5-8,13-14,16H,4H2,1-3H3. The third-order valence-corrected chi connectivity index (χ3v) is 3.20. The Morgan fingerprint density at radius 2 is 2.00 bits per heavy atom. The van der Waals surface area contributed by atoms with Crippen molar-refractivity contribution in [2.45, 2.75) is 19.3 Å². The maximum atomic E-state index is 5.98. The molecule has 1 atom stereocenters. The highest BCUT2D eigenvalue weighted by molar-refractivity contribution is 6.31. The topological polar surface area (TPSA) is 43.6 Å². The summed E-state index contributed by atoms with van der Waals surface area (Å²) in [4.78, 5) is 0. The van der Waals surface area contributed by atoms with E-state index >= 15 is 0 Å². The molecular formula is C14H18ClNO3. The first kappa shape index (κ1) is 14.3. The summed E-state index contributed by atoms with van der Waals surface area (Å²) in [5.74, 6) is 0.771. The monoisotopic (exact) mass is 283 g/mol. The number of ether oxygens (including phenoxy) is 2. The molecule has 0 saturated carbocycles. The molecular weight excluding hydrogens is 266 g/mol. The Labute approximate surface area is 117 Å². The highest BCUT2D eigenvalue weighted by Gasteiger charge is 2.25. The van der Waals surface area contributed by atoms with E-state index in [9.17, 15) is 0 Å². The van der Waals surface area contributed by atoms with E-state index in [-0.39, 0.29) is 6.04 Å². The summed E-state index contributed by atoms with van der Waals surface area (Å²) in [6.45, 7) is 2.81. The van der Waals surface area contributed by atoms with Gasteiger partial charge in [-0.3, -0.25) is 0 Å². The minimum absolute atomic E-state index is 0.161. The van der Waals surface area contributed by atoms with Crippen LogP contribution in [-0.2, 0) is 9.47 Å². The van der Waals surface area contributed by atoms with Crippen molar-refractivity contribution in [2.24, 2.45) is 0 Å². The summed E-state index contributed by atoms with van der Waals surface area (Å²) in [6, 6.07) is 7.34. The zero-order chi connectivity index (χ0) is 13.8. The van der Waals surface area contributed by atoms with E-state index in [1.165, 1.54) is 0 Å². The van der Waals surface area contributed by atoms with Gasteiger partial charge in [-0.05, 0) is 30.8 Å². The lowest BCUT2D eigenvalue weighted by molar-refractivity contribution is -0.126. The molecule has 4 nitrogen and oxygen atoms in total. The molecule has 0 radical (unpaired) electrons. The molecule has 1 aromatic carbocycles. The van der Waals surface area contributed by atoms with Crippen molar-refractivity contribution in [3.8, 4) is 0 Å². The van der Waals surface area contributed by atoms with Crippen LogP contribution in [0.15, 0.2) is 28.7 Å². The number of rotatable bonds is 6. The molecule has 104 valence electrons. The van der Waals surface area contributed by atoms with E-state index in [0.29, 0.717) is 5.02 Å². The molecule has 1 unspecified atom stereocenters. The van der Waals surface area contributed by atoms with Gasteiger partial charge in [0.15, 0.2) is 6.29 Å². The lowest BCUT2D eigenvalue weighted by Crippen LogP contribution is -2.34. The highest BCUT2D eigenvalue weighted by atomic mass is 35.5. The molecule has 1 aromatic heterocycles. The molecule has 0 aliphatic rings. The van der Waals surface area contributed by atoms with Gasteiger partial charge in [-0.1, -0.05) is 18.5 Å². The molecule has 0 amide bonds. The van der Waals surface area contributed by atoms with Gasteiger partial charge in [0.1, 0.15) is 17.4 Å². The van der Waals surface area contributed by atoms with Crippen molar-refractivity contribution in [1.29, 1.82) is 0 Å². The largest absolute Gasteiger partial charge is 0.459 e. The minimum Gasteiger partial charge on any atom is -0.459 e. The number of benzene rings is 1. The van der Waals surface area contributed by atoms with Crippen LogP contribution in [0.1, 0.15) is 18.7 Å². The number of hydrogen-bond acceptors (Lipinski definition) is 4. The van der Waals surface area contributed by atoms with E-state index in [4.69, 9.17) is 25.5 Å². The third kappa shape index (κ3) is 3.09. The maximum Gasteiger partial charge on any atom is 0.179 e. The first-order chi connectivity index (χ1) is 9.19. The van der Waals surface area contributed by atoms with E-state index in [2.05, 4.69) is 5.32 Å². The smallest absolute Gasteiger partial charge is 0.179 e. The number of hydrogen-bond donors (Lipinski definition) is 1. The Balaban J connectivity index is 2.38. The van der Waals surface area contributed by atoms with Gasteiger partial charge >= 0.3 is 0 Å². The summed E-state index contributed by atoms with van der Waals surface area (Å²) >= 11 is 5.98. The molecule has 0 aliphatic heterocycles.